The van der Waals surface area contributed by atoms with Gasteiger partial charge in [-0.05, 0) is 30.5 Å². The van der Waals surface area contributed by atoms with Crippen molar-refractivity contribution in [2.75, 3.05) is 6.61 Å². The number of benzene rings is 1. The summed E-state index contributed by atoms with van der Waals surface area (Å²) in [6, 6.07) is 2.75. The van der Waals surface area contributed by atoms with Crippen LogP contribution in [0.1, 0.15) is 32.4 Å². The minimum absolute atomic E-state index is 0.0317. The maximum atomic E-state index is 13.1. The molecular weight excluding hydrogens is 254 g/mol. The van der Waals surface area contributed by atoms with Crippen molar-refractivity contribution in [2.45, 2.75) is 26.9 Å². The van der Waals surface area contributed by atoms with Crippen LogP contribution in [0.25, 0.3) is 0 Å². The Labute approximate surface area is 111 Å². The van der Waals surface area contributed by atoms with E-state index < -0.39 is 29.6 Å². The number of aliphatic hydroxyl groups is 1. The Morgan fingerprint density at radius 3 is 2.21 bits per heavy atom. The SMILES string of the molecule is CCOC(=O)C(C(C)C)C(O)c1cc(F)cc(F)c1. The van der Waals surface area contributed by atoms with Gasteiger partial charge in [-0.15, -0.1) is 0 Å². The van der Waals surface area contributed by atoms with Gasteiger partial charge in [-0.25, -0.2) is 8.78 Å². The van der Waals surface area contributed by atoms with Gasteiger partial charge >= 0.3 is 5.97 Å². The van der Waals surface area contributed by atoms with Crippen LogP contribution < -0.4 is 0 Å². The van der Waals surface area contributed by atoms with Gasteiger partial charge in [-0.1, -0.05) is 13.8 Å². The topological polar surface area (TPSA) is 46.5 Å². The molecule has 0 aliphatic rings. The number of carbonyl (C=O) groups excluding carboxylic acids is 1. The van der Waals surface area contributed by atoms with E-state index in [0.717, 1.165) is 12.1 Å². The Morgan fingerprint density at radius 1 is 1.26 bits per heavy atom. The molecule has 0 radical (unpaired) electrons. The molecule has 3 nitrogen and oxygen atoms in total. The van der Waals surface area contributed by atoms with Crippen LogP contribution in [0.15, 0.2) is 18.2 Å². The second-order valence-electron chi connectivity index (χ2n) is 4.67. The van der Waals surface area contributed by atoms with Gasteiger partial charge < -0.3 is 9.84 Å². The van der Waals surface area contributed by atoms with Gasteiger partial charge in [0.2, 0.25) is 0 Å². The van der Waals surface area contributed by atoms with Crippen LogP contribution in [0.4, 0.5) is 8.78 Å². The third kappa shape index (κ3) is 3.99. The molecule has 1 aromatic carbocycles. The quantitative estimate of drug-likeness (QED) is 0.838. The molecule has 1 rings (SSSR count). The standard InChI is InChI=1S/C14H18F2O3/c1-4-19-14(18)12(8(2)3)13(17)9-5-10(15)7-11(16)6-9/h5-8,12-13,17H,4H2,1-3H3. The molecule has 0 saturated carbocycles. The lowest BCUT2D eigenvalue weighted by Gasteiger charge is -2.24. The fourth-order valence-corrected chi connectivity index (χ4v) is 1.96. The number of rotatable bonds is 5. The molecule has 2 unspecified atom stereocenters. The lowest BCUT2D eigenvalue weighted by atomic mass is 9.86. The monoisotopic (exact) mass is 272 g/mol. The average Bonchev–Trinajstić information content (AvgIpc) is 2.27. The van der Waals surface area contributed by atoms with Crippen LogP contribution in [0.3, 0.4) is 0 Å². The van der Waals surface area contributed by atoms with E-state index in [-0.39, 0.29) is 18.1 Å². The largest absolute Gasteiger partial charge is 0.466 e. The van der Waals surface area contributed by atoms with Gasteiger partial charge in [-0.3, -0.25) is 4.79 Å². The first-order valence-electron chi connectivity index (χ1n) is 6.17. The van der Waals surface area contributed by atoms with Crippen LogP contribution in [-0.2, 0) is 9.53 Å². The van der Waals surface area contributed by atoms with Gasteiger partial charge in [-0.2, -0.15) is 0 Å². The van der Waals surface area contributed by atoms with Crippen molar-refractivity contribution in [1.82, 2.24) is 0 Å². The second kappa shape index (κ2) is 6.61. The van der Waals surface area contributed by atoms with Crippen molar-refractivity contribution in [1.29, 1.82) is 0 Å². The maximum Gasteiger partial charge on any atom is 0.312 e. The zero-order valence-corrected chi connectivity index (χ0v) is 11.2. The molecule has 0 aromatic heterocycles. The summed E-state index contributed by atoms with van der Waals surface area (Å²) in [6.45, 7) is 5.32. The highest BCUT2D eigenvalue weighted by molar-refractivity contribution is 5.73. The molecule has 5 heteroatoms. The molecule has 2 atom stereocenters. The number of ether oxygens (including phenoxy) is 1. The van der Waals surface area contributed by atoms with Crippen LogP contribution in [-0.4, -0.2) is 17.7 Å². The molecule has 106 valence electrons. The van der Waals surface area contributed by atoms with Crippen LogP contribution in [0.5, 0.6) is 0 Å². The summed E-state index contributed by atoms with van der Waals surface area (Å²) < 4.78 is 31.2. The van der Waals surface area contributed by atoms with Gasteiger partial charge in [0.1, 0.15) is 11.6 Å². The fraction of sp³-hybridized carbons (Fsp3) is 0.500. The average molecular weight is 272 g/mol. The molecule has 0 bridgehead atoms. The molecule has 0 aliphatic carbocycles. The van der Waals surface area contributed by atoms with Crippen molar-refractivity contribution >= 4 is 5.97 Å². The smallest absolute Gasteiger partial charge is 0.312 e. The molecular formula is C14H18F2O3. The molecule has 1 aromatic rings. The van der Waals surface area contributed by atoms with E-state index in [2.05, 4.69) is 0 Å². The van der Waals surface area contributed by atoms with E-state index in [9.17, 15) is 18.7 Å². The van der Waals surface area contributed by atoms with Gasteiger partial charge in [0, 0.05) is 6.07 Å². The third-order valence-electron chi connectivity index (χ3n) is 2.84. The van der Waals surface area contributed by atoms with Crippen molar-refractivity contribution in [3.63, 3.8) is 0 Å². The van der Waals surface area contributed by atoms with Gasteiger partial charge in [0.25, 0.3) is 0 Å². The number of halogens is 2. The highest BCUT2D eigenvalue weighted by atomic mass is 19.1. The van der Waals surface area contributed by atoms with E-state index in [4.69, 9.17) is 4.74 Å². The Morgan fingerprint density at radius 2 is 1.79 bits per heavy atom. The molecule has 0 spiro atoms. The zero-order valence-electron chi connectivity index (χ0n) is 11.2. The summed E-state index contributed by atoms with van der Waals surface area (Å²) in [5.41, 5.74) is 0.0317. The first-order chi connectivity index (χ1) is 8.86. The van der Waals surface area contributed by atoms with Gasteiger partial charge in [0.05, 0.1) is 18.6 Å². The van der Waals surface area contributed by atoms with Gasteiger partial charge in [0.15, 0.2) is 0 Å². The lowest BCUT2D eigenvalue weighted by Crippen LogP contribution is -2.29. The van der Waals surface area contributed by atoms with Crippen molar-refractivity contribution in [3.8, 4) is 0 Å². The minimum Gasteiger partial charge on any atom is -0.466 e. The number of esters is 1. The Hall–Kier alpha value is -1.49. The first-order valence-corrected chi connectivity index (χ1v) is 6.17. The van der Waals surface area contributed by atoms with Crippen LogP contribution in [0, 0.1) is 23.5 Å². The molecule has 0 aliphatic heterocycles. The third-order valence-corrected chi connectivity index (χ3v) is 2.84. The molecule has 0 heterocycles. The predicted octanol–water partition coefficient (Wildman–Crippen LogP) is 2.83. The maximum absolute atomic E-state index is 13.1. The summed E-state index contributed by atoms with van der Waals surface area (Å²) >= 11 is 0. The Kier molecular flexibility index (Phi) is 5.42. The van der Waals surface area contributed by atoms with Crippen molar-refractivity contribution in [2.24, 2.45) is 11.8 Å². The molecule has 0 amide bonds. The second-order valence-corrected chi connectivity index (χ2v) is 4.67. The summed E-state index contributed by atoms with van der Waals surface area (Å²) in [4.78, 5) is 11.8. The predicted molar refractivity (Wildman–Crippen MR) is 66.3 cm³/mol. The van der Waals surface area contributed by atoms with E-state index in [1.54, 1.807) is 20.8 Å². The molecule has 0 fully saturated rings. The molecule has 19 heavy (non-hydrogen) atoms. The number of aliphatic hydroxyl groups excluding tert-OH is 1. The van der Waals surface area contributed by atoms with Crippen LogP contribution >= 0.6 is 0 Å². The summed E-state index contributed by atoms with van der Waals surface area (Å²) in [6.07, 6.45) is -1.30. The summed E-state index contributed by atoms with van der Waals surface area (Å²) in [5.74, 6) is -3.24. The van der Waals surface area contributed by atoms with Crippen molar-refractivity contribution < 1.29 is 23.4 Å². The van der Waals surface area contributed by atoms with E-state index >= 15 is 0 Å². The summed E-state index contributed by atoms with van der Waals surface area (Å²) in [5, 5.41) is 10.2. The molecule has 1 N–H and O–H groups in total. The first kappa shape index (κ1) is 15.6. The number of hydrogen-bond donors (Lipinski definition) is 1. The summed E-state index contributed by atoms with van der Waals surface area (Å²) in [7, 11) is 0. The normalized spacial score (nSPS) is 14.3. The van der Waals surface area contributed by atoms with Crippen LogP contribution in [0.2, 0.25) is 0 Å². The fourth-order valence-electron chi connectivity index (χ4n) is 1.96. The Bertz CT molecular complexity index is 426. The van der Waals surface area contributed by atoms with E-state index in [1.165, 1.54) is 0 Å². The highest BCUT2D eigenvalue weighted by Gasteiger charge is 2.32. The Balaban J connectivity index is 3.05. The highest BCUT2D eigenvalue weighted by Crippen LogP contribution is 2.30. The van der Waals surface area contributed by atoms with E-state index in [0.29, 0.717) is 6.07 Å². The zero-order chi connectivity index (χ0) is 14.6. The number of hydrogen-bond acceptors (Lipinski definition) is 3. The molecule has 0 saturated heterocycles. The number of carbonyl (C=O) groups is 1. The van der Waals surface area contributed by atoms with E-state index in [1.807, 2.05) is 0 Å². The lowest BCUT2D eigenvalue weighted by molar-refractivity contribution is -0.154. The van der Waals surface area contributed by atoms with Crippen molar-refractivity contribution in [3.05, 3.63) is 35.4 Å². The minimum atomic E-state index is -1.30.